The summed E-state index contributed by atoms with van der Waals surface area (Å²) < 4.78 is 13.5. The summed E-state index contributed by atoms with van der Waals surface area (Å²) >= 11 is 5.82. The van der Waals surface area contributed by atoms with Crippen LogP contribution in [0.2, 0.25) is 5.02 Å². The van der Waals surface area contributed by atoms with E-state index >= 15 is 0 Å². The van der Waals surface area contributed by atoms with Crippen LogP contribution in [0, 0.1) is 11.2 Å². The van der Waals surface area contributed by atoms with Crippen LogP contribution in [0.25, 0.3) is 0 Å². The Kier molecular flexibility index (Phi) is 4.30. The highest BCUT2D eigenvalue weighted by Gasteiger charge is 2.22. The van der Waals surface area contributed by atoms with Gasteiger partial charge in [0.1, 0.15) is 5.82 Å². The summed E-state index contributed by atoms with van der Waals surface area (Å²) in [5.74, 6) is -0.315. The molecule has 1 aromatic rings. The summed E-state index contributed by atoms with van der Waals surface area (Å²) in [6.07, 6.45) is 0.626. The molecule has 90 valence electrons. The van der Waals surface area contributed by atoms with E-state index in [4.69, 9.17) is 23.1 Å². The zero-order valence-electron chi connectivity index (χ0n) is 9.63. The normalized spacial score (nSPS) is 13.9. The molecule has 4 N–H and O–H groups in total. The van der Waals surface area contributed by atoms with Crippen LogP contribution >= 0.6 is 11.6 Å². The summed E-state index contributed by atoms with van der Waals surface area (Å²) in [6, 6.07) is 4.06. The van der Waals surface area contributed by atoms with E-state index in [-0.39, 0.29) is 17.3 Å². The fourth-order valence-electron chi connectivity index (χ4n) is 1.59. The zero-order valence-corrected chi connectivity index (χ0v) is 10.4. The van der Waals surface area contributed by atoms with E-state index in [0.717, 1.165) is 0 Å². The molecule has 0 aliphatic carbocycles. The van der Waals surface area contributed by atoms with Crippen molar-refractivity contribution < 1.29 is 4.39 Å². The van der Waals surface area contributed by atoms with Crippen molar-refractivity contribution in [1.29, 1.82) is 0 Å². The molecule has 1 atom stereocenters. The smallest absolute Gasteiger partial charge is 0.128 e. The van der Waals surface area contributed by atoms with Gasteiger partial charge in [0.15, 0.2) is 0 Å². The van der Waals surface area contributed by atoms with E-state index in [9.17, 15) is 4.39 Å². The second-order valence-electron chi connectivity index (χ2n) is 4.84. The summed E-state index contributed by atoms with van der Waals surface area (Å²) in [5.41, 5.74) is 11.9. The Labute approximate surface area is 101 Å². The standard InChI is InChI=1S/C12H18ClFN2/c1-12(2,7-15)6-11(16)9-5-8(13)3-4-10(9)14/h3-5,11H,6-7,15-16H2,1-2H3. The lowest BCUT2D eigenvalue weighted by molar-refractivity contribution is 0.314. The molecule has 16 heavy (non-hydrogen) atoms. The number of nitrogens with two attached hydrogens (primary N) is 2. The van der Waals surface area contributed by atoms with Crippen molar-refractivity contribution in [3.05, 3.63) is 34.6 Å². The van der Waals surface area contributed by atoms with Crippen molar-refractivity contribution in [3.63, 3.8) is 0 Å². The maximum atomic E-state index is 13.5. The maximum Gasteiger partial charge on any atom is 0.128 e. The topological polar surface area (TPSA) is 52.0 Å². The predicted molar refractivity (Wildman–Crippen MR) is 65.8 cm³/mol. The molecular formula is C12H18ClFN2. The zero-order chi connectivity index (χ0) is 12.3. The van der Waals surface area contributed by atoms with Gasteiger partial charge in [-0.3, -0.25) is 0 Å². The molecule has 0 amide bonds. The van der Waals surface area contributed by atoms with Gasteiger partial charge < -0.3 is 11.5 Å². The van der Waals surface area contributed by atoms with Crippen molar-refractivity contribution in [1.82, 2.24) is 0 Å². The first-order valence-corrected chi connectivity index (χ1v) is 5.64. The molecule has 4 heteroatoms. The van der Waals surface area contributed by atoms with E-state index in [2.05, 4.69) is 0 Å². The molecule has 0 saturated carbocycles. The maximum absolute atomic E-state index is 13.5. The van der Waals surface area contributed by atoms with Gasteiger partial charge in [0, 0.05) is 16.6 Å². The number of rotatable bonds is 4. The van der Waals surface area contributed by atoms with Crippen LogP contribution in [0.3, 0.4) is 0 Å². The average Bonchev–Trinajstić information content (AvgIpc) is 2.21. The highest BCUT2D eigenvalue weighted by atomic mass is 35.5. The third kappa shape index (κ3) is 3.44. The molecule has 0 fully saturated rings. The Morgan fingerprint density at radius 3 is 2.62 bits per heavy atom. The molecular weight excluding hydrogens is 227 g/mol. The number of hydrogen-bond acceptors (Lipinski definition) is 2. The van der Waals surface area contributed by atoms with E-state index in [1.165, 1.54) is 12.1 Å². The first-order chi connectivity index (χ1) is 7.35. The van der Waals surface area contributed by atoms with Gasteiger partial charge in [-0.2, -0.15) is 0 Å². The first-order valence-electron chi connectivity index (χ1n) is 5.26. The van der Waals surface area contributed by atoms with Crippen LogP contribution in [0.15, 0.2) is 18.2 Å². The lowest BCUT2D eigenvalue weighted by Gasteiger charge is -2.26. The number of halogens is 2. The van der Waals surface area contributed by atoms with Crippen molar-refractivity contribution in [2.24, 2.45) is 16.9 Å². The third-order valence-electron chi connectivity index (χ3n) is 2.68. The van der Waals surface area contributed by atoms with E-state index < -0.39 is 0 Å². The van der Waals surface area contributed by atoms with Crippen LogP contribution in [0.1, 0.15) is 31.9 Å². The van der Waals surface area contributed by atoms with Gasteiger partial charge in [-0.25, -0.2) is 4.39 Å². The summed E-state index contributed by atoms with van der Waals surface area (Å²) in [4.78, 5) is 0. The summed E-state index contributed by atoms with van der Waals surface area (Å²) in [5, 5.41) is 0.498. The predicted octanol–water partition coefficient (Wildman–Crippen LogP) is 2.85. The minimum absolute atomic E-state index is 0.103. The molecule has 0 bridgehead atoms. The molecule has 0 heterocycles. The molecule has 0 saturated heterocycles. The minimum atomic E-state index is -0.378. The van der Waals surface area contributed by atoms with Crippen molar-refractivity contribution in [2.45, 2.75) is 26.3 Å². The third-order valence-corrected chi connectivity index (χ3v) is 2.92. The van der Waals surface area contributed by atoms with Crippen LogP contribution in [-0.4, -0.2) is 6.54 Å². The first kappa shape index (κ1) is 13.4. The average molecular weight is 245 g/mol. The number of benzene rings is 1. The van der Waals surface area contributed by atoms with E-state index in [1.54, 1.807) is 6.07 Å². The molecule has 0 spiro atoms. The second kappa shape index (κ2) is 5.13. The quantitative estimate of drug-likeness (QED) is 0.856. The molecule has 0 radical (unpaired) electrons. The van der Waals surface area contributed by atoms with Crippen LogP contribution in [0.5, 0.6) is 0 Å². The molecule has 1 aromatic carbocycles. The van der Waals surface area contributed by atoms with Gasteiger partial charge in [0.05, 0.1) is 0 Å². The molecule has 0 aliphatic rings. The Balaban J connectivity index is 2.88. The van der Waals surface area contributed by atoms with E-state index in [1.807, 2.05) is 13.8 Å². The van der Waals surface area contributed by atoms with Crippen LogP contribution in [-0.2, 0) is 0 Å². The summed E-state index contributed by atoms with van der Waals surface area (Å²) in [7, 11) is 0. The van der Waals surface area contributed by atoms with Gasteiger partial charge in [-0.05, 0) is 36.6 Å². The highest BCUT2D eigenvalue weighted by molar-refractivity contribution is 6.30. The van der Waals surface area contributed by atoms with Gasteiger partial charge >= 0.3 is 0 Å². The Morgan fingerprint density at radius 2 is 2.06 bits per heavy atom. The Hall–Kier alpha value is -0.640. The van der Waals surface area contributed by atoms with Gasteiger partial charge in [-0.15, -0.1) is 0 Å². The number of hydrogen-bond donors (Lipinski definition) is 2. The lowest BCUT2D eigenvalue weighted by Crippen LogP contribution is -2.29. The summed E-state index contributed by atoms with van der Waals surface area (Å²) in [6.45, 7) is 4.54. The largest absolute Gasteiger partial charge is 0.330 e. The molecule has 2 nitrogen and oxygen atoms in total. The van der Waals surface area contributed by atoms with Gasteiger partial charge in [0.2, 0.25) is 0 Å². The Bertz CT molecular complexity index is 366. The fraction of sp³-hybridized carbons (Fsp3) is 0.500. The lowest BCUT2D eigenvalue weighted by atomic mass is 9.84. The Morgan fingerprint density at radius 1 is 1.44 bits per heavy atom. The highest BCUT2D eigenvalue weighted by Crippen LogP contribution is 2.29. The molecule has 1 rings (SSSR count). The van der Waals surface area contributed by atoms with Crippen molar-refractivity contribution >= 4 is 11.6 Å². The van der Waals surface area contributed by atoms with Crippen molar-refractivity contribution in [3.8, 4) is 0 Å². The van der Waals surface area contributed by atoms with Gasteiger partial charge in [-0.1, -0.05) is 25.4 Å². The second-order valence-corrected chi connectivity index (χ2v) is 5.28. The molecule has 0 aliphatic heterocycles. The SMILES string of the molecule is CC(C)(CN)CC(N)c1cc(Cl)ccc1F. The van der Waals surface area contributed by atoms with Crippen LogP contribution in [0.4, 0.5) is 4.39 Å². The monoisotopic (exact) mass is 244 g/mol. The fourth-order valence-corrected chi connectivity index (χ4v) is 1.77. The van der Waals surface area contributed by atoms with Crippen LogP contribution < -0.4 is 11.5 Å². The molecule has 1 unspecified atom stereocenters. The van der Waals surface area contributed by atoms with Gasteiger partial charge in [0.25, 0.3) is 0 Å². The molecule has 0 aromatic heterocycles. The minimum Gasteiger partial charge on any atom is -0.330 e. The van der Waals surface area contributed by atoms with E-state index in [0.29, 0.717) is 23.6 Å². The van der Waals surface area contributed by atoms with Crippen molar-refractivity contribution in [2.75, 3.05) is 6.54 Å².